The monoisotopic (exact) mass is 247 g/mol. The average Bonchev–Trinajstić information content (AvgIpc) is 2.56. The maximum Gasteiger partial charge on any atom is 0.0258 e. The van der Waals surface area contributed by atoms with Gasteiger partial charge in [0.25, 0.3) is 0 Å². The fraction of sp³-hybridized carbons (Fsp3) is 0.600. The summed E-state index contributed by atoms with van der Waals surface area (Å²) in [5.41, 5.74) is 5.04. The summed E-state index contributed by atoms with van der Waals surface area (Å²) in [6.07, 6.45) is 2.34. The van der Waals surface area contributed by atoms with Crippen LogP contribution in [0.15, 0.2) is 30.3 Å². The van der Waals surface area contributed by atoms with Crippen LogP contribution in [0.1, 0.15) is 18.9 Å². The van der Waals surface area contributed by atoms with Crippen molar-refractivity contribution in [1.82, 2.24) is 15.3 Å². The molecule has 2 rings (SSSR count). The molecule has 0 spiro atoms. The number of likely N-dealkylation sites (N-methyl/N-ethyl adjacent to an activating group) is 1. The molecule has 100 valence electrons. The second kappa shape index (κ2) is 6.88. The molecule has 0 amide bonds. The SMILES string of the molecule is CC(Cc1ccccc1)NN1CCCN(C)CC1. The zero-order valence-corrected chi connectivity index (χ0v) is 11.6. The summed E-state index contributed by atoms with van der Waals surface area (Å²) in [6, 6.07) is 11.2. The highest BCUT2D eigenvalue weighted by molar-refractivity contribution is 5.15. The van der Waals surface area contributed by atoms with Crippen molar-refractivity contribution in [3.63, 3.8) is 0 Å². The predicted octanol–water partition coefficient (Wildman–Crippen LogP) is 1.76. The van der Waals surface area contributed by atoms with Gasteiger partial charge in [0.1, 0.15) is 0 Å². The zero-order valence-electron chi connectivity index (χ0n) is 11.6. The number of nitrogens with one attached hydrogen (secondary N) is 1. The molecule has 1 aromatic carbocycles. The third-order valence-electron chi connectivity index (χ3n) is 3.51. The number of hydrogen-bond acceptors (Lipinski definition) is 3. The Hall–Kier alpha value is -0.900. The summed E-state index contributed by atoms with van der Waals surface area (Å²) in [6.45, 7) is 6.91. The lowest BCUT2D eigenvalue weighted by atomic mass is 10.1. The number of nitrogens with zero attached hydrogens (tertiary/aromatic N) is 2. The van der Waals surface area contributed by atoms with Crippen LogP contribution < -0.4 is 5.43 Å². The quantitative estimate of drug-likeness (QED) is 0.874. The van der Waals surface area contributed by atoms with Crippen molar-refractivity contribution in [2.45, 2.75) is 25.8 Å². The Kier molecular flexibility index (Phi) is 5.17. The third kappa shape index (κ3) is 4.41. The molecule has 1 unspecified atom stereocenters. The second-order valence-electron chi connectivity index (χ2n) is 5.36. The van der Waals surface area contributed by atoms with Crippen LogP contribution in [-0.4, -0.2) is 49.2 Å². The molecule has 0 bridgehead atoms. The lowest BCUT2D eigenvalue weighted by molar-refractivity contribution is 0.167. The molecular weight excluding hydrogens is 222 g/mol. The van der Waals surface area contributed by atoms with Gasteiger partial charge in [-0.2, -0.15) is 0 Å². The summed E-state index contributed by atoms with van der Waals surface area (Å²) in [4.78, 5) is 2.41. The summed E-state index contributed by atoms with van der Waals surface area (Å²) in [7, 11) is 2.21. The largest absolute Gasteiger partial charge is 0.305 e. The van der Waals surface area contributed by atoms with Gasteiger partial charge in [-0.15, -0.1) is 0 Å². The van der Waals surface area contributed by atoms with E-state index in [9.17, 15) is 0 Å². The molecule has 0 aliphatic carbocycles. The molecule has 1 saturated heterocycles. The summed E-state index contributed by atoms with van der Waals surface area (Å²) < 4.78 is 0. The molecule has 1 heterocycles. The normalized spacial score (nSPS) is 20.6. The van der Waals surface area contributed by atoms with Gasteiger partial charge in [0.15, 0.2) is 0 Å². The van der Waals surface area contributed by atoms with Gasteiger partial charge in [0.2, 0.25) is 0 Å². The number of rotatable bonds is 4. The first-order valence-electron chi connectivity index (χ1n) is 6.97. The molecule has 1 aliphatic rings. The first-order valence-corrected chi connectivity index (χ1v) is 6.97. The molecule has 3 heteroatoms. The molecule has 1 fully saturated rings. The van der Waals surface area contributed by atoms with Crippen LogP contribution in [0, 0.1) is 0 Å². The smallest absolute Gasteiger partial charge is 0.0258 e. The van der Waals surface area contributed by atoms with E-state index >= 15 is 0 Å². The Labute approximate surface area is 111 Å². The summed E-state index contributed by atoms with van der Waals surface area (Å²) in [5.74, 6) is 0. The van der Waals surface area contributed by atoms with Crippen LogP contribution >= 0.6 is 0 Å². The maximum atomic E-state index is 3.63. The maximum absolute atomic E-state index is 3.63. The van der Waals surface area contributed by atoms with E-state index < -0.39 is 0 Å². The van der Waals surface area contributed by atoms with Crippen LogP contribution in [0.2, 0.25) is 0 Å². The molecule has 0 aromatic heterocycles. The van der Waals surface area contributed by atoms with Crippen molar-refractivity contribution < 1.29 is 0 Å². The predicted molar refractivity (Wildman–Crippen MR) is 76.4 cm³/mol. The van der Waals surface area contributed by atoms with E-state index in [1.165, 1.54) is 18.5 Å². The van der Waals surface area contributed by atoms with E-state index in [-0.39, 0.29) is 0 Å². The molecule has 1 aliphatic heterocycles. The number of hydrogen-bond donors (Lipinski definition) is 1. The van der Waals surface area contributed by atoms with Crippen molar-refractivity contribution in [3.8, 4) is 0 Å². The molecule has 0 saturated carbocycles. The van der Waals surface area contributed by atoms with Crippen molar-refractivity contribution in [3.05, 3.63) is 35.9 Å². The van der Waals surface area contributed by atoms with Crippen LogP contribution in [0.3, 0.4) is 0 Å². The minimum atomic E-state index is 0.496. The van der Waals surface area contributed by atoms with E-state index in [4.69, 9.17) is 0 Å². The number of hydrazine groups is 1. The van der Waals surface area contributed by atoms with Crippen LogP contribution in [0.25, 0.3) is 0 Å². The van der Waals surface area contributed by atoms with Gasteiger partial charge in [-0.3, -0.25) is 5.43 Å². The van der Waals surface area contributed by atoms with Gasteiger partial charge in [-0.05, 0) is 38.9 Å². The van der Waals surface area contributed by atoms with E-state index in [2.05, 4.69) is 59.6 Å². The van der Waals surface area contributed by atoms with E-state index in [0.29, 0.717) is 6.04 Å². The average molecular weight is 247 g/mol. The lowest BCUT2D eigenvalue weighted by Crippen LogP contribution is -2.46. The lowest BCUT2D eigenvalue weighted by Gasteiger charge is -2.26. The minimum absolute atomic E-state index is 0.496. The molecule has 3 nitrogen and oxygen atoms in total. The summed E-state index contributed by atoms with van der Waals surface area (Å²) in [5, 5.41) is 2.39. The molecule has 1 N–H and O–H groups in total. The standard InChI is InChI=1S/C15H25N3/c1-14(13-15-7-4-3-5-8-15)16-18-10-6-9-17(2)11-12-18/h3-5,7-8,14,16H,6,9-13H2,1-2H3. The number of benzene rings is 1. The van der Waals surface area contributed by atoms with Crippen LogP contribution in [0.5, 0.6) is 0 Å². The minimum Gasteiger partial charge on any atom is -0.305 e. The zero-order chi connectivity index (χ0) is 12.8. The van der Waals surface area contributed by atoms with Crippen LogP contribution in [-0.2, 0) is 6.42 Å². The van der Waals surface area contributed by atoms with Gasteiger partial charge in [-0.25, -0.2) is 5.01 Å². The molecule has 0 radical (unpaired) electrons. The van der Waals surface area contributed by atoms with E-state index in [0.717, 1.165) is 26.1 Å². The molecule has 1 aromatic rings. The van der Waals surface area contributed by atoms with Crippen molar-refractivity contribution in [2.24, 2.45) is 0 Å². The van der Waals surface area contributed by atoms with Gasteiger partial charge in [0, 0.05) is 25.7 Å². The Balaban J connectivity index is 1.78. The van der Waals surface area contributed by atoms with Gasteiger partial charge < -0.3 is 4.90 Å². The van der Waals surface area contributed by atoms with Gasteiger partial charge in [-0.1, -0.05) is 30.3 Å². The fourth-order valence-corrected chi connectivity index (χ4v) is 2.50. The van der Waals surface area contributed by atoms with Crippen molar-refractivity contribution in [2.75, 3.05) is 33.2 Å². The first-order chi connectivity index (χ1) is 8.74. The highest BCUT2D eigenvalue weighted by Gasteiger charge is 2.13. The molecule has 1 atom stereocenters. The van der Waals surface area contributed by atoms with Gasteiger partial charge in [0.05, 0.1) is 0 Å². The topological polar surface area (TPSA) is 18.5 Å². The summed E-state index contributed by atoms with van der Waals surface area (Å²) >= 11 is 0. The Morgan fingerprint density at radius 1 is 1.11 bits per heavy atom. The highest BCUT2D eigenvalue weighted by Crippen LogP contribution is 2.04. The molecular formula is C15H25N3. The van der Waals surface area contributed by atoms with Crippen molar-refractivity contribution in [1.29, 1.82) is 0 Å². The Bertz CT molecular complexity index is 339. The Morgan fingerprint density at radius 2 is 1.89 bits per heavy atom. The highest BCUT2D eigenvalue weighted by atomic mass is 15.5. The van der Waals surface area contributed by atoms with Crippen molar-refractivity contribution >= 4 is 0 Å². The third-order valence-corrected chi connectivity index (χ3v) is 3.51. The molecule has 18 heavy (non-hydrogen) atoms. The van der Waals surface area contributed by atoms with Crippen LogP contribution in [0.4, 0.5) is 0 Å². The van der Waals surface area contributed by atoms with E-state index in [1.54, 1.807) is 0 Å². The van der Waals surface area contributed by atoms with Gasteiger partial charge >= 0.3 is 0 Å². The fourth-order valence-electron chi connectivity index (χ4n) is 2.50. The second-order valence-corrected chi connectivity index (χ2v) is 5.36. The Morgan fingerprint density at radius 3 is 2.67 bits per heavy atom. The van der Waals surface area contributed by atoms with E-state index in [1.807, 2.05) is 0 Å². The first kappa shape index (κ1) is 13.5.